The predicted molar refractivity (Wildman–Crippen MR) is 209 cm³/mol. The summed E-state index contributed by atoms with van der Waals surface area (Å²) in [7, 11) is -2.86. The molecule has 3 unspecified atom stereocenters. The largest absolute Gasteiger partial charge is 0.805 e. The smallest absolute Gasteiger partial charge is 0.425 e. The van der Waals surface area contributed by atoms with Gasteiger partial charge in [0.15, 0.2) is 11.5 Å². The van der Waals surface area contributed by atoms with Gasteiger partial charge in [0, 0.05) is 26.8 Å². The van der Waals surface area contributed by atoms with Crippen molar-refractivity contribution in [1.29, 1.82) is 0 Å². The van der Waals surface area contributed by atoms with Crippen LogP contribution >= 0.6 is 8.25 Å². The molecule has 2 aliphatic rings. The molecule has 7 nitrogen and oxygen atoms in total. The summed E-state index contributed by atoms with van der Waals surface area (Å²) in [4.78, 5) is 27.5. The minimum Gasteiger partial charge on any atom is -0.425 e. The van der Waals surface area contributed by atoms with Crippen molar-refractivity contribution in [2.24, 2.45) is 0 Å². The van der Waals surface area contributed by atoms with Crippen LogP contribution in [0.5, 0.6) is 23.0 Å². The van der Waals surface area contributed by atoms with Crippen LogP contribution < -0.4 is 18.5 Å². The molecule has 53 heavy (non-hydrogen) atoms. The molecule has 6 rings (SSSR count). The first-order valence-electron chi connectivity index (χ1n) is 18.2. The van der Waals surface area contributed by atoms with Gasteiger partial charge in [-0.3, -0.25) is 9.59 Å². The number of rotatable bonds is 6. The number of ether oxygens (including phenoxy) is 2. The molecule has 3 atom stereocenters. The van der Waals surface area contributed by atoms with Crippen molar-refractivity contribution in [3.63, 3.8) is 0 Å². The summed E-state index contributed by atoms with van der Waals surface area (Å²) in [5, 5.41) is 0. The molecule has 0 spiro atoms. The van der Waals surface area contributed by atoms with Crippen LogP contribution in [-0.4, -0.2) is 11.9 Å². The highest BCUT2D eigenvalue weighted by Gasteiger charge is 2.50. The molecule has 0 saturated heterocycles. The number of carbonyl (C=O) groups is 2. The standard InChI is InChI=1S/C45H52O7P/c1-41(2,3)26-14-18-34-30(22-26)38(39(46)49-34)31-23-27(42(4,5)6)15-19-35(31)51-53(48)52-37-21-17-29(44(10,11)12)25-33(37)45(13)32-24-28(43(7,8)9)16-20-36(32)50-40(45)47/h14-25,38H,1-13H3/q+1. The van der Waals surface area contributed by atoms with E-state index in [0.29, 0.717) is 22.6 Å². The second kappa shape index (κ2) is 12.8. The van der Waals surface area contributed by atoms with Crippen LogP contribution in [0.15, 0.2) is 72.8 Å². The number of benzene rings is 4. The van der Waals surface area contributed by atoms with E-state index in [0.717, 1.165) is 33.4 Å². The Balaban J connectivity index is 1.43. The Labute approximate surface area is 315 Å². The summed E-state index contributed by atoms with van der Waals surface area (Å²) in [6, 6.07) is 22.9. The van der Waals surface area contributed by atoms with Crippen molar-refractivity contribution < 1.29 is 32.7 Å². The SMILES string of the molecule is CC(C)(C)c1ccc2c(c1)C(c1cc(C(C)(C)C)ccc1O[P+](=O)Oc1ccc(C(C)(C)C)cc1C1(C)C(=O)Oc3ccc(C(C)(C)C)cc31)C(=O)O2. The normalized spacial score (nSPS) is 19.0. The molecule has 0 amide bonds. The van der Waals surface area contributed by atoms with Crippen LogP contribution in [0.4, 0.5) is 0 Å². The van der Waals surface area contributed by atoms with E-state index in [9.17, 15) is 14.2 Å². The van der Waals surface area contributed by atoms with Crippen molar-refractivity contribution in [2.75, 3.05) is 0 Å². The van der Waals surface area contributed by atoms with Gasteiger partial charge >= 0.3 is 20.2 Å². The van der Waals surface area contributed by atoms with Gasteiger partial charge in [0.2, 0.25) is 0 Å². The van der Waals surface area contributed by atoms with E-state index in [1.807, 2.05) is 67.6 Å². The monoisotopic (exact) mass is 735 g/mol. The molecule has 4 aromatic rings. The lowest BCUT2D eigenvalue weighted by Crippen LogP contribution is -2.32. The minimum absolute atomic E-state index is 0.160. The Hall–Kier alpha value is -4.48. The summed E-state index contributed by atoms with van der Waals surface area (Å²) in [5.74, 6) is -0.209. The van der Waals surface area contributed by atoms with Gasteiger partial charge in [-0.2, -0.15) is 0 Å². The predicted octanol–water partition coefficient (Wildman–Crippen LogP) is 11.3. The molecule has 2 aliphatic heterocycles. The Morgan fingerprint density at radius 3 is 1.53 bits per heavy atom. The maximum absolute atomic E-state index is 14.1. The first kappa shape index (κ1) is 38.3. The molecule has 0 aliphatic carbocycles. The van der Waals surface area contributed by atoms with Crippen LogP contribution in [0.25, 0.3) is 0 Å². The van der Waals surface area contributed by atoms with E-state index in [1.54, 1.807) is 12.1 Å². The van der Waals surface area contributed by atoms with Gasteiger partial charge in [0.1, 0.15) is 22.8 Å². The van der Waals surface area contributed by atoms with Gasteiger partial charge in [-0.1, -0.05) is 126 Å². The van der Waals surface area contributed by atoms with Gasteiger partial charge in [0.25, 0.3) is 0 Å². The van der Waals surface area contributed by atoms with Crippen LogP contribution in [0.1, 0.15) is 140 Å². The summed E-state index contributed by atoms with van der Waals surface area (Å²) >= 11 is 0. The van der Waals surface area contributed by atoms with Gasteiger partial charge in [-0.25, -0.2) is 9.05 Å². The quantitative estimate of drug-likeness (QED) is 0.111. The van der Waals surface area contributed by atoms with Crippen molar-refractivity contribution in [3.8, 4) is 23.0 Å². The van der Waals surface area contributed by atoms with Gasteiger partial charge in [0.05, 0.1) is 0 Å². The van der Waals surface area contributed by atoms with E-state index in [4.69, 9.17) is 18.5 Å². The summed E-state index contributed by atoms with van der Waals surface area (Å²) in [6.07, 6.45) is 0. The molecule has 278 valence electrons. The molecular formula is C45H52O7P+. The lowest BCUT2D eigenvalue weighted by molar-refractivity contribution is -0.136. The highest BCUT2D eigenvalue weighted by molar-refractivity contribution is 7.34. The molecule has 0 aromatic heterocycles. The molecule has 2 heterocycles. The number of fused-ring (bicyclic) bond motifs is 2. The molecule has 8 heteroatoms. The van der Waals surface area contributed by atoms with Gasteiger partial charge < -0.3 is 9.47 Å². The van der Waals surface area contributed by atoms with E-state index >= 15 is 0 Å². The van der Waals surface area contributed by atoms with Crippen LogP contribution in [0, 0.1) is 0 Å². The Bertz CT molecular complexity index is 2150. The number of hydrogen-bond donors (Lipinski definition) is 0. The second-order valence-corrected chi connectivity index (χ2v) is 19.5. The zero-order chi connectivity index (χ0) is 39.1. The van der Waals surface area contributed by atoms with Crippen LogP contribution in [0.3, 0.4) is 0 Å². The average Bonchev–Trinajstić information content (AvgIpc) is 3.50. The number of esters is 2. The van der Waals surface area contributed by atoms with Gasteiger partial charge in [-0.05, 0) is 81.2 Å². The first-order chi connectivity index (χ1) is 24.4. The molecule has 0 radical (unpaired) electrons. The zero-order valence-electron chi connectivity index (χ0n) is 33.3. The van der Waals surface area contributed by atoms with Gasteiger partial charge in [-0.15, -0.1) is 0 Å². The fraction of sp³-hybridized carbons (Fsp3) is 0.422. The van der Waals surface area contributed by atoms with E-state index in [1.165, 1.54) is 0 Å². The molecule has 4 aromatic carbocycles. The third kappa shape index (κ3) is 7.13. The maximum Gasteiger partial charge on any atom is 0.805 e. The summed E-state index contributed by atoms with van der Waals surface area (Å²) in [5.41, 5.74) is 4.47. The highest BCUT2D eigenvalue weighted by atomic mass is 31.1. The van der Waals surface area contributed by atoms with Crippen molar-refractivity contribution in [1.82, 2.24) is 0 Å². The summed E-state index contributed by atoms with van der Waals surface area (Å²) < 4.78 is 38.1. The van der Waals surface area contributed by atoms with Crippen molar-refractivity contribution in [2.45, 2.75) is 123 Å². The minimum atomic E-state index is -2.86. The lowest BCUT2D eigenvalue weighted by Gasteiger charge is -2.27. The van der Waals surface area contributed by atoms with E-state index < -0.39 is 31.5 Å². The van der Waals surface area contributed by atoms with Crippen LogP contribution in [0.2, 0.25) is 0 Å². The molecular weight excluding hydrogens is 683 g/mol. The Morgan fingerprint density at radius 1 is 0.547 bits per heavy atom. The number of hydrogen-bond acceptors (Lipinski definition) is 7. The Kier molecular flexibility index (Phi) is 9.26. The van der Waals surface area contributed by atoms with E-state index in [-0.39, 0.29) is 33.2 Å². The third-order valence-electron chi connectivity index (χ3n) is 10.5. The second-order valence-electron chi connectivity index (χ2n) is 18.7. The zero-order valence-corrected chi connectivity index (χ0v) is 34.2. The molecule has 0 saturated carbocycles. The molecule has 0 fully saturated rings. The van der Waals surface area contributed by atoms with Crippen molar-refractivity contribution >= 4 is 20.2 Å². The average molecular weight is 736 g/mol. The van der Waals surface area contributed by atoms with Crippen molar-refractivity contribution in [3.05, 3.63) is 117 Å². The molecule has 0 N–H and O–H groups in total. The number of carbonyl (C=O) groups excluding carboxylic acids is 2. The maximum atomic E-state index is 14.1. The fourth-order valence-electron chi connectivity index (χ4n) is 6.94. The first-order valence-corrected chi connectivity index (χ1v) is 19.3. The fourth-order valence-corrected chi connectivity index (χ4v) is 7.62. The van der Waals surface area contributed by atoms with E-state index in [2.05, 4.69) is 83.1 Å². The summed E-state index contributed by atoms with van der Waals surface area (Å²) in [6.45, 7) is 27.1. The third-order valence-corrected chi connectivity index (χ3v) is 11.2. The highest BCUT2D eigenvalue weighted by Crippen LogP contribution is 2.51. The lowest BCUT2D eigenvalue weighted by atomic mass is 9.73. The Morgan fingerprint density at radius 2 is 0.981 bits per heavy atom. The van der Waals surface area contributed by atoms with Crippen LogP contribution in [-0.2, 0) is 41.2 Å². The topological polar surface area (TPSA) is 88.1 Å². The molecule has 0 bridgehead atoms.